The summed E-state index contributed by atoms with van der Waals surface area (Å²) in [6.07, 6.45) is 1.59. The van der Waals surface area contributed by atoms with E-state index in [0.29, 0.717) is 0 Å². The van der Waals surface area contributed by atoms with Crippen molar-refractivity contribution < 1.29 is 9.26 Å². The van der Waals surface area contributed by atoms with Gasteiger partial charge in [-0.3, -0.25) is 0 Å². The molecule has 60 valence electrons. The Balaban J connectivity index is 2.04. The predicted molar refractivity (Wildman–Crippen MR) is 39.5 cm³/mol. The number of rotatable bonds is 1. The van der Waals surface area contributed by atoms with Crippen LogP contribution in [0.3, 0.4) is 0 Å². The summed E-state index contributed by atoms with van der Waals surface area (Å²) in [6, 6.07) is 1.87. The van der Waals surface area contributed by atoms with Crippen LogP contribution in [0.4, 0.5) is 5.82 Å². The van der Waals surface area contributed by atoms with E-state index in [1.165, 1.54) is 0 Å². The average Bonchev–Trinajstić information content (AvgIpc) is 2.58. The van der Waals surface area contributed by atoms with Crippen molar-refractivity contribution >= 4 is 5.82 Å². The Morgan fingerprint density at radius 1 is 1.36 bits per heavy atom. The van der Waals surface area contributed by atoms with Crippen LogP contribution >= 0.6 is 0 Å². The van der Waals surface area contributed by atoms with Gasteiger partial charge in [0, 0.05) is 19.2 Å². The summed E-state index contributed by atoms with van der Waals surface area (Å²) in [5.41, 5.74) is 0. The molecule has 2 rings (SSSR count). The zero-order valence-corrected chi connectivity index (χ0v) is 6.19. The molecule has 4 nitrogen and oxygen atoms in total. The largest absolute Gasteiger partial charge is 0.378 e. The number of hydrogen-bond acceptors (Lipinski definition) is 4. The summed E-state index contributed by atoms with van der Waals surface area (Å²) in [7, 11) is 0. The van der Waals surface area contributed by atoms with E-state index in [-0.39, 0.29) is 0 Å². The maximum Gasteiger partial charge on any atom is 0.172 e. The second-order valence-corrected chi connectivity index (χ2v) is 2.46. The lowest BCUT2D eigenvalue weighted by Gasteiger charge is -2.25. The molecule has 2 heterocycles. The van der Waals surface area contributed by atoms with Gasteiger partial charge in [-0.05, 0) is 0 Å². The van der Waals surface area contributed by atoms with Crippen molar-refractivity contribution in [2.24, 2.45) is 0 Å². The molecule has 4 heteroatoms. The molecule has 0 N–H and O–H groups in total. The Labute approximate surface area is 64.7 Å². The fourth-order valence-electron chi connectivity index (χ4n) is 1.16. The summed E-state index contributed by atoms with van der Waals surface area (Å²) >= 11 is 0. The highest BCUT2D eigenvalue weighted by atomic mass is 16.5. The summed E-state index contributed by atoms with van der Waals surface area (Å²) < 4.78 is 9.93. The van der Waals surface area contributed by atoms with Gasteiger partial charge < -0.3 is 14.2 Å². The molecule has 11 heavy (non-hydrogen) atoms. The van der Waals surface area contributed by atoms with E-state index in [2.05, 4.69) is 10.1 Å². The van der Waals surface area contributed by atoms with E-state index in [1.807, 2.05) is 6.07 Å². The second kappa shape index (κ2) is 2.92. The van der Waals surface area contributed by atoms with Gasteiger partial charge in [-0.1, -0.05) is 5.16 Å². The molecule has 0 radical (unpaired) electrons. The van der Waals surface area contributed by atoms with Gasteiger partial charge in [-0.15, -0.1) is 0 Å². The Morgan fingerprint density at radius 3 is 2.82 bits per heavy atom. The molecule has 1 aliphatic rings. The third-order valence-electron chi connectivity index (χ3n) is 1.76. The highest BCUT2D eigenvalue weighted by molar-refractivity contribution is 5.35. The van der Waals surface area contributed by atoms with Gasteiger partial charge >= 0.3 is 0 Å². The van der Waals surface area contributed by atoms with Crippen molar-refractivity contribution in [3.63, 3.8) is 0 Å². The lowest BCUT2D eigenvalue weighted by molar-refractivity contribution is 0.122. The number of morpholine rings is 1. The van der Waals surface area contributed by atoms with Gasteiger partial charge in [0.15, 0.2) is 5.82 Å². The van der Waals surface area contributed by atoms with E-state index in [9.17, 15) is 0 Å². The quantitative estimate of drug-likeness (QED) is 0.590. The Kier molecular flexibility index (Phi) is 1.77. The topological polar surface area (TPSA) is 38.5 Å². The molecule has 0 amide bonds. The molecule has 0 bridgehead atoms. The molecule has 1 aliphatic heterocycles. The minimum absolute atomic E-state index is 0.785. The van der Waals surface area contributed by atoms with Crippen LogP contribution in [0.15, 0.2) is 16.9 Å². The van der Waals surface area contributed by atoms with Gasteiger partial charge in [0.25, 0.3) is 0 Å². The minimum Gasteiger partial charge on any atom is -0.378 e. The molecule has 0 aliphatic carbocycles. The smallest absolute Gasteiger partial charge is 0.172 e. The van der Waals surface area contributed by atoms with Crippen LogP contribution in [-0.4, -0.2) is 31.5 Å². The van der Waals surface area contributed by atoms with Crippen molar-refractivity contribution in [2.75, 3.05) is 31.2 Å². The number of anilines is 1. The van der Waals surface area contributed by atoms with Crippen molar-refractivity contribution in [1.82, 2.24) is 5.16 Å². The molecular formula is C7H10N2O2. The molecular weight excluding hydrogens is 144 g/mol. The van der Waals surface area contributed by atoms with Gasteiger partial charge in [0.1, 0.15) is 6.26 Å². The SMILES string of the molecule is c1cc(N2CCOCC2)no1. The summed E-state index contributed by atoms with van der Waals surface area (Å²) in [5, 5.41) is 3.84. The molecule has 0 atom stereocenters. The number of ether oxygens (including phenoxy) is 1. The standard InChI is InChI=1S/C7H10N2O2/c1-4-11-8-7(1)9-2-5-10-6-3-9/h1,4H,2-3,5-6H2. The van der Waals surface area contributed by atoms with Crippen molar-refractivity contribution in [3.8, 4) is 0 Å². The first-order valence-corrected chi connectivity index (χ1v) is 3.70. The fourth-order valence-corrected chi connectivity index (χ4v) is 1.16. The van der Waals surface area contributed by atoms with E-state index in [0.717, 1.165) is 32.1 Å². The van der Waals surface area contributed by atoms with Crippen molar-refractivity contribution in [2.45, 2.75) is 0 Å². The molecule has 0 saturated carbocycles. The van der Waals surface area contributed by atoms with Crippen molar-refractivity contribution in [1.29, 1.82) is 0 Å². The average molecular weight is 154 g/mol. The molecule has 1 aromatic rings. The maximum absolute atomic E-state index is 5.20. The van der Waals surface area contributed by atoms with E-state index in [4.69, 9.17) is 9.26 Å². The van der Waals surface area contributed by atoms with Crippen LogP contribution in [0.25, 0.3) is 0 Å². The van der Waals surface area contributed by atoms with Crippen LogP contribution in [0, 0.1) is 0 Å². The number of nitrogens with zero attached hydrogens (tertiary/aromatic N) is 2. The first-order valence-electron chi connectivity index (χ1n) is 3.70. The number of hydrogen-bond donors (Lipinski definition) is 0. The van der Waals surface area contributed by atoms with Crippen LogP contribution < -0.4 is 4.90 Å². The zero-order valence-electron chi connectivity index (χ0n) is 6.19. The first kappa shape index (κ1) is 6.67. The molecule has 1 aromatic heterocycles. The highest BCUT2D eigenvalue weighted by Gasteiger charge is 2.12. The van der Waals surface area contributed by atoms with Gasteiger partial charge in [-0.25, -0.2) is 0 Å². The normalized spacial score (nSPS) is 18.7. The third kappa shape index (κ3) is 1.35. The van der Waals surface area contributed by atoms with Crippen LogP contribution in [0.5, 0.6) is 0 Å². The first-order chi connectivity index (χ1) is 5.47. The monoisotopic (exact) mass is 154 g/mol. The van der Waals surface area contributed by atoms with E-state index < -0.39 is 0 Å². The summed E-state index contributed by atoms with van der Waals surface area (Å²) in [6.45, 7) is 3.39. The fraction of sp³-hybridized carbons (Fsp3) is 0.571. The van der Waals surface area contributed by atoms with E-state index in [1.54, 1.807) is 6.26 Å². The van der Waals surface area contributed by atoms with E-state index >= 15 is 0 Å². The van der Waals surface area contributed by atoms with Gasteiger partial charge in [0.2, 0.25) is 0 Å². The Morgan fingerprint density at radius 2 is 2.18 bits per heavy atom. The molecule has 1 fully saturated rings. The van der Waals surface area contributed by atoms with Crippen LogP contribution in [0.2, 0.25) is 0 Å². The minimum atomic E-state index is 0.785. The molecule has 0 aromatic carbocycles. The number of aromatic nitrogens is 1. The van der Waals surface area contributed by atoms with Crippen molar-refractivity contribution in [3.05, 3.63) is 12.3 Å². The van der Waals surface area contributed by atoms with Crippen LogP contribution in [0.1, 0.15) is 0 Å². The lowest BCUT2D eigenvalue weighted by atomic mass is 10.4. The Hall–Kier alpha value is -1.03. The van der Waals surface area contributed by atoms with Gasteiger partial charge in [-0.2, -0.15) is 0 Å². The molecule has 1 saturated heterocycles. The zero-order chi connectivity index (χ0) is 7.52. The summed E-state index contributed by atoms with van der Waals surface area (Å²) in [4.78, 5) is 2.15. The molecule has 0 spiro atoms. The predicted octanol–water partition coefficient (Wildman–Crippen LogP) is 0.511. The van der Waals surface area contributed by atoms with Gasteiger partial charge in [0.05, 0.1) is 13.2 Å². The summed E-state index contributed by atoms with van der Waals surface area (Å²) in [5.74, 6) is 0.910. The van der Waals surface area contributed by atoms with Crippen LogP contribution in [-0.2, 0) is 4.74 Å². The highest BCUT2D eigenvalue weighted by Crippen LogP contribution is 2.11. The Bertz CT molecular complexity index is 204. The lowest BCUT2D eigenvalue weighted by Crippen LogP contribution is -2.36. The molecule has 0 unspecified atom stereocenters. The second-order valence-electron chi connectivity index (χ2n) is 2.46. The maximum atomic E-state index is 5.20. The third-order valence-corrected chi connectivity index (χ3v) is 1.76.